The van der Waals surface area contributed by atoms with Crippen molar-refractivity contribution in [1.82, 2.24) is 15.0 Å². The van der Waals surface area contributed by atoms with Crippen molar-refractivity contribution in [3.63, 3.8) is 0 Å². The number of rotatable bonds is 5. The fraction of sp³-hybridized carbons (Fsp3) is 0.261. The highest BCUT2D eigenvalue weighted by molar-refractivity contribution is 5.76. The molecule has 0 fully saturated rings. The Hall–Kier alpha value is -4.03. The van der Waals surface area contributed by atoms with E-state index in [-0.39, 0.29) is 5.95 Å². The molecule has 1 aromatic carbocycles. The molecule has 2 aromatic heterocycles. The van der Waals surface area contributed by atoms with E-state index in [1.165, 1.54) is 0 Å². The quantitative estimate of drug-likeness (QED) is 0.639. The predicted molar refractivity (Wildman–Crippen MR) is 120 cm³/mol. The van der Waals surface area contributed by atoms with Crippen LogP contribution < -0.4 is 5.73 Å². The van der Waals surface area contributed by atoms with Crippen molar-refractivity contribution in [1.29, 1.82) is 5.26 Å². The number of aromatic nitrogens is 3. The van der Waals surface area contributed by atoms with Gasteiger partial charge in [0.2, 0.25) is 5.95 Å². The van der Waals surface area contributed by atoms with Crippen LogP contribution >= 0.6 is 0 Å². The second-order valence-corrected chi connectivity index (χ2v) is 8.19. The summed E-state index contributed by atoms with van der Waals surface area (Å²) in [5.74, 6) is 0.0762. The number of nitrogens with zero attached hydrogens (tertiary/aromatic N) is 7. The maximum absolute atomic E-state index is 10.3. The Balaban J connectivity index is 1.80. The Morgan fingerprint density at radius 3 is 2.59 bits per heavy atom. The molecule has 0 spiro atoms. The number of benzene rings is 1. The zero-order valence-corrected chi connectivity index (χ0v) is 18.0. The van der Waals surface area contributed by atoms with Gasteiger partial charge in [0.15, 0.2) is 5.54 Å². The molecule has 3 heterocycles. The molecular weight excluding hydrogens is 404 g/mol. The van der Waals surface area contributed by atoms with E-state index in [2.05, 4.69) is 36.5 Å². The minimum absolute atomic E-state index is 0.0762. The summed E-state index contributed by atoms with van der Waals surface area (Å²) in [5.41, 5.74) is 8.45. The zero-order chi connectivity index (χ0) is 22.9. The van der Waals surface area contributed by atoms with Gasteiger partial charge < -0.3 is 10.8 Å². The van der Waals surface area contributed by atoms with Crippen molar-refractivity contribution in [2.45, 2.75) is 38.3 Å². The molecule has 9 heteroatoms. The average molecular weight is 426 g/mol. The molecule has 160 valence electrons. The smallest absolute Gasteiger partial charge is 0.220 e. The van der Waals surface area contributed by atoms with Crippen LogP contribution in [0.25, 0.3) is 11.3 Å². The van der Waals surface area contributed by atoms with Gasteiger partial charge in [-0.1, -0.05) is 18.2 Å². The third-order valence-electron chi connectivity index (χ3n) is 5.35. The summed E-state index contributed by atoms with van der Waals surface area (Å²) in [6, 6.07) is 14.9. The highest BCUT2D eigenvalue weighted by atomic mass is 16.3. The Labute approximate surface area is 185 Å². The predicted octanol–water partition coefficient (Wildman–Crippen LogP) is 3.42. The second-order valence-electron chi connectivity index (χ2n) is 8.19. The third kappa shape index (κ3) is 3.96. The van der Waals surface area contributed by atoms with Gasteiger partial charge in [-0.05, 0) is 55.8 Å². The highest BCUT2D eigenvalue weighted by Gasteiger charge is 2.37. The molecule has 0 radical (unpaired) electrons. The fourth-order valence-corrected chi connectivity index (χ4v) is 3.60. The molecule has 1 unspecified atom stereocenters. The summed E-state index contributed by atoms with van der Waals surface area (Å²) in [6.07, 6.45) is 1.92. The van der Waals surface area contributed by atoms with Crippen LogP contribution in [0.3, 0.4) is 0 Å². The van der Waals surface area contributed by atoms with E-state index in [4.69, 9.17) is 5.73 Å². The van der Waals surface area contributed by atoms with Gasteiger partial charge in [-0.3, -0.25) is 4.98 Å². The maximum Gasteiger partial charge on any atom is 0.220 e. The van der Waals surface area contributed by atoms with Gasteiger partial charge in [-0.25, -0.2) is 9.97 Å². The van der Waals surface area contributed by atoms with Gasteiger partial charge in [0, 0.05) is 17.7 Å². The van der Waals surface area contributed by atoms with E-state index in [0.29, 0.717) is 34.8 Å². The van der Waals surface area contributed by atoms with E-state index in [0.717, 1.165) is 11.1 Å². The molecule has 9 nitrogen and oxygen atoms in total. The first kappa shape index (κ1) is 21.2. The minimum atomic E-state index is -1.08. The molecule has 4 rings (SSSR count). The van der Waals surface area contributed by atoms with Gasteiger partial charge in [0.25, 0.3) is 0 Å². The molecule has 3 N–H and O–H groups in total. The number of anilines is 1. The van der Waals surface area contributed by atoms with Crippen LogP contribution in [-0.2, 0) is 17.6 Å². The number of nitrogens with two attached hydrogens (primary N) is 1. The number of nitrogen functional groups attached to an aromatic ring is 1. The zero-order valence-electron chi connectivity index (χ0n) is 18.0. The van der Waals surface area contributed by atoms with Crippen LogP contribution in [-0.4, -0.2) is 26.3 Å². The van der Waals surface area contributed by atoms with Crippen molar-refractivity contribution in [2.24, 2.45) is 15.4 Å². The number of hydrogen-bond donors (Lipinski definition) is 2. The first-order valence-corrected chi connectivity index (χ1v) is 10.0. The van der Waals surface area contributed by atoms with Crippen LogP contribution in [0.15, 0.2) is 57.9 Å². The summed E-state index contributed by atoms with van der Waals surface area (Å²) in [6.45, 7) is 5.23. The molecule has 32 heavy (non-hydrogen) atoms. The summed E-state index contributed by atoms with van der Waals surface area (Å²) >= 11 is 0. The Morgan fingerprint density at radius 2 is 1.91 bits per heavy atom. The largest absolute Gasteiger partial charge is 0.384 e. The van der Waals surface area contributed by atoms with Gasteiger partial charge in [-0.2, -0.15) is 5.26 Å². The SMILES string of the molecule is Cc1c(C#N)cccc1-c1cc(C2(Cc3cccc(C(C)(C)O)n3)C=NN=N2)nc(N)n1. The fourth-order valence-electron chi connectivity index (χ4n) is 3.60. The highest BCUT2D eigenvalue weighted by Crippen LogP contribution is 2.34. The van der Waals surface area contributed by atoms with Crippen molar-refractivity contribution in [3.8, 4) is 17.3 Å². The Morgan fingerprint density at radius 1 is 1.12 bits per heavy atom. The molecule has 0 aliphatic carbocycles. The molecule has 1 aliphatic rings. The van der Waals surface area contributed by atoms with E-state index in [9.17, 15) is 10.4 Å². The normalized spacial score (nSPS) is 17.5. The molecule has 3 aromatic rings. The van der Waals surface area contributed by atoms with Crippen LogP contribution in [0.4, 0.5) is 5.95 Å². The lowest BCUT2D eigenvalue weighted by molar-refractivity contribution is 0.0736. The van der Waals surface area contributed by atoms with Crippen molar-refractivity contribution in [2.75, 3.05) is 5.73 Å². The second kappa shape index (κ2) is 7.90. The van der Waals surface area contributed by atoms with Crippen LogP contribution in [0.5, 0.6) is 0 Å². The molecule has 1 aliphatic heterocycles. The van der Waals surface area contributed by atoms with Gasteiger partial charge >= 0.3 is 0 Å². The van der Waals surface area contributed by atoms with E-state index in [1.54, 1.807) is 44.3 Å². The first-order valence-electron chi connectivity index (χ1n) is 10.0. The van der Waals surface area contributed by atoms with E-state index < -0.39 is 11.1 Å². The van der Waals surface area contributed by atoms with Crippen molar-refractivity contribution in [3.05, 3.63) is 70.7 Å². The summed E-state index contributed by atoms with van der Waals surface area (Å²) in [7, 11) is 0. The number of aliphatic hydroxyl groups is 1. The molecule has 0 saturated carbocycles. The molecule has 0 saturated heterocycles. The third-order valence-corrected chi connectivity index (χ3v) is 5.35. The number of pyridine rings is 1. The van der Waals surface area contributed by atoms with Crippen LogP contribution in [0, 0.1) is 18.3 Å². The maximum atomic E-state index is 10.3. The summed E-state index contributed by atoms with van der Waals surface area (Å²) in [4.78, 5) is 13.4. The molecule has 0 amide bonds. The monoisotopic (exact) mass is 426 g/mol. The van der Waals surface area contributed by atoms with Gasteiger partial charge in [0.1, 0.15) is 5.60 Å². The topological polar surface area (TPSA) is 146 Å². The van der Waals surface area contributed by atoms with Gasteiger partial charge in [0.05, 0.1) is 34.9 Å². The number of nitriles is 1. The lowest BCUT2D eigenvalue weighted by Crippen LogP contribution is -2.29. The lowest BCUT2D eigenvalue weighted by Gasteiger charge is -2.23. The van der Waals surface area contributed by atoms with Crippen molar-refractivity contribution >= 4 is 12.2 Å². The number of hydrogen-bond acceptors (Lipinski definition) is 9. The average Bonchev–Trinajstić information content (AvgIpc) is 3.23. The van der Waals surface area contributed by atoms with E-state index >= 15 is 0 Å². The first-order chi connectivity index (χ1) is 15.2. The molecule has 1 atom stereocenters. The van der Waals surface area contributed by atoms with Crippen LogP contribution in [0.1, 0.15) is 42.1 Å². The van der Waals surface area contributed by atoms with Crippen molar-refractivity contribution < 1.29 is 5.11 Å². The Kier molecular flexibility index (Phi) is 5.24. The molecule has 0 bridgehead atoms. The molecular formula is C23H22N8O. The summed E-state index contributed by atoms with van der Waals surface area (Å²) in [5, 5.41) is 31.9. The minimum Gasteiger partial charge on any atom is -0.384 e. The lowest BCUT2D eigenvalue weighted by atomic mass is 9.89. The Bertz CT molecular complexity index is 1270. The standard InChI is InChI=1S/C23H22N8O/c1-14-15(12-24)6-4-8-17(14)18-10-20(29-21(25)28-18)23(13-26-31-30-23)11-16-7-5-9-19(27-16)22(2,3)32/h4-10,13,32H,11H2,1-3H3,(H2,25,28,29). The summed E-state index contributed by atoms with van der Waals surface area (Å²) < 4.78 is 0. The van der Waals surface area contributed by atoms with Crippen LogP contribution in [0.2, 0.25) is 0 Å². The van der Waals surface area contributed by atoms with E-state index in [1.807, 2.05) is 25.1 Å². The van der Waals surface area contributed by atoms with Gasteiger partial charge in [-0.15, -0.1) is 10.2 Å².